The Balaban J connectivity index is 0.000000687. The Morgan fingerprint density at radius 3 is 2.67 bits per heavy atom. The summed E-state index contributed by atoms with van der Waals surface area (Å²) in [5.74, 6) is -0.0759. The second-order valence-electron chi connectivity index (χ2n) is 7.92. The van der Waals surface area contributed by atoms with Gasteiger partial charge in [0.15, 0.2) is 5.69 Å². The van der Waals surface area contributed by atoms with Gasteiger partial charge < -0.3 is 15.3 Å². The van der Waals surface area contributed by atoms with Gasteiger partial charge in [-0.25, -0.2) is 4.98 Å². The van der Waals surface area contributed by atoms with Crippen molar-refractivity contribution in [3.8, 4) is 10.6 Å². The van der Waals surface area contributed by atoms with Gasteiger partial charge >= 0.3 is 0 Å². The number of aromatic amines is 1. The minimum atomic E-state index is -0.250. The third-order valence-corrected chi connectivity index (χ3v) is 7.09. The first-order valence-corrected chi connectivity index (χ1v) is 10.9. The highest BCUT2D eigenvalue weighted by atomic mass is 32.1. The summed E-state index contributed by atoms with van der Waals surface area (Å²) >= 11 is 1.63. The molecule has 2 aliphatic heterocycles. The van der Waals surface area contributed by atoms with Crippen molar-refractivity contribution in [2.45, 2.75) is 50.7 Å². The number of hydrogen-bond donors (Lipinski definition) is 3. The van der Waals surface area contributed by atoms with Crippen LogP contribution in [-0.2, 0) is 4.79 Å². The van der Waals surface area contributed by atoms with Gasteiger partial charge in [-0.1, -0.05) is 6.07 Å². The van der Waals surface area contributed by atoms with Crippen molar-refractivity contribution < 1.29 is 14.7 Å². The van der Waals surface area contributed by atoms with E-state index in [1.165, 1.54) is 12.8 Å². The topological polar surface area (TPSA) is 111 Å². The number of carbonyl (C=O) groups excluding carboxylic acids is 1. The molecule has 2 fully saturated rings. The molecule has 0 radical (unpaired) electrons. The van der Waals surface area contributed by atoms with Gasteiger partial charge in [0, 0.05) is 40.1 Å². The summed E-state index contributed by atoms with van der Waals surface area (Å²) in [4.78, 5) is 28.2. The van der Waals surface area contributed by atoms with Crippen LogP contribution >= 0.6 is 11.3 Å². The molecule has 2 aliphatic rings. The molecule has 4 heterocycles. The number of hydrogen-bond acceptors (Lipinski definition) is 6. The molecule has 0 spiro atoms. The van der Waals surface area contributed by atoms with Crippen molar-refractivity contribution in [1.29, 1.82) is 0 Å². The van der Waals surface area contributed by atoms with Crippen LogP contribution in [0.25, 0.3) is 21.5 Å². The molecule has 2 aromatic heterocycles. The van der Waals surface area contributed by atoms with E-state index in [2.05, 4.69) is 32.4 Å². The van der Waals surface area contributed by atoms with E-state index in [0.29, 0.717) is 17.8 Å². The Kier molecular flexibility index (Phi) is 5.83. The number of piperidine rings is 1. The Morgan fingerprint density at radius 1 is 1.33 bits per heavy atom. The molecule has 5 rings (SSSR count). The van der Waals surface area contributed by atoms with E-state index in [1.54, 1.807) is 11.3 Å². The van der Waals surface area contributed by atoms with E-state index < -0.39 is 0 Å². The Labute approximate surface area is 178 Å². The van der Waals surface area contributed by atoms with E-state index in [4.69, 9.17) is 9.90 Å². The number of H-pyrrole nitrogens is 1. The second-order valence-corrected chi connectivity index (χ2v) is 8.78. The maximum Gasteiger partial charge on any atom is 0.290 e. The Bertz CT molecular complexity index is 1050. The molecule has 1 amide bonds. The molecule has 2 bridgehead atoms. The fourth-order valence-electron chi connectivity index (χ4n) is 4.60. The highest BCUT2D eigenvalue weighted by Gasteiger charge is 2.39. The van der Waals surface area contributed by atoms with Crippen LogP contribution in [-0.4, -0.2) is 62.7 Å². The quantitative estimate of drug-likeness (QED) is 0.554. The lowest BCUT2D eigenvalue weighted by molar-refractivity contribution is -0.122. The zero-order valence-corrected chi connectivity index (χ0v) is 17.8. The third kappa shape index (κ3) is 3.95. The van der Waals surface area contributed by atoms with Crippen molar-refractivity contribution in [1.82, 2.24) is 25.4 Å². The Hall–Kier alpha value is -2.78. The van der Waals surface area contributed by atoms with Gasteiger partial charge in [0.1, 0.15) is 5.01 Å². The summed E-state index contributed by atoms with van der Waals surface area (Å²) in [6.45, 7) is 1.74. The van der Waals surface area contributed by atoms with Gasteiger partial charge in [0.2, 0.25) is 0 Å². The number of fused-ring (bicyclic) bond motifs is 3. The fraction of sp³-hybridized carbons (Fsp3) is 0.429. The smallest absolute Gasteiger partial charge is 0.290 e. The van der Waals surface area contributed by atoms with Gasteiger partial charge in [-0.05, 0) is 51.8 Å². The number of thiazole rings is 1. The van der Waals surface area contributed by atoms with Crippen LogP contribution in [0, 0.1) is 6.92 Å². The summed E-state index contributed by atoms with van der Waals surface area (Å²) in [7, 11) is 2.21. The first kappa shape index (κ1) is 20.5. The number of aromatic nitrogens is 3. The summed E-state index contributed by atoms with van der Waals surface area (Å²) in [5, 5.41) is 21.3. The maximum atomic E-state index is 12.8. The number of benzene rings is 1. The molecule has 1 aromatic carbocycles. The molecular weight excluding hydrogens is 402 g/mol. The normalized spacial score (nSPS) is 23.1. The molecular formula is C21H25N5O3S. The van der Waals surface area contributed by atoms with Crippen molar-refractivity contribution in [2.24, 2.45) is 0 Å². The molecule has 3 aromatic rings. The minimum Gasteiger partial charge on any atom is -0.483 e. The molecule has 8 nitrogen and oxygen atoms in total. The van der Waals surface area contributed by atoms with Crippen LogP contribution in [0.15, 0.2) is 23.6 Å². The molecule has 9 heteroatoms. The number of nitrogens with zero attached hydrogens (tertiary/aromatic N) is 3. The minimum absolute atomic E-state index is 0.0759. The maximum absolute atomic E-state index is 12.8. The summed E-state index contributed by atoms with van der Waals surface area (Å²) in [6, 6.07) is 7.47. The summed E-state index contributed by atoms with van der Waals surface area (Å²) < 4.78 is 0. The molecule has 0 saturated carbocycles. The van der Waals surface area contributed by atoms with Gasteiger partial charge in [0.05, 0.1) is 5.52 Å². The van der Waals surface area contributed by atoms with Crippen LogP contribution in [0.5, 0.6) is 0 Å². The van der Waals surface area contributed by atoms with E-state index in [-0.39, 0.29) is 18.4 Å². The van der Waals surface area contributed by atoms with E-state index in [0.717, 1.165) is 40.0 Å². The third-order valence-electron chi connectivity index (χ3n) is 6.08. The fourth-order valence-corrected chi connectivity index (χ4v) is 5.39. The largest absolute Gasteiger partial charge is 0.483 e. The first-order chi connectivity index (χ1) is 14.5. The number of carbonyl (C=O) groups is 2. The van der Waals surface area contributed by atoms with Crippen LogP contribution in [0.2, 0.25) is 0 Å². The van der Waals surface area contributed by atoms with Crippen molar-refractivity contribution in [3.05, 3.63) is 35.0 Å². The van der Waals surface area contributed by atoms with Crippen molar-refractivity contribution >= 4 is 34.6 Å². The van der Waals surface area contributed by atoms with Gasteiger partial charge in [0.25, 0.3) is 12.4 Å². The molecule has 0 aliphatic carbocycles. The van der Waals surface area contributed by atoms with Crippen LogP contribution in [0.1, 0.15) is 41.9 Å². The van der Waals surface area contributed by atoms with Crippen molar-refractivity contribution in [2.75, 3.05) is 7.05 Å². The predicted molar refractivity (Wildman–Crippen MR) is 116 cm³/mol. The molecule has 2 atom stereocenters. The number of amides is 1. The predicted octanol–water partition coefficient (Wildman–Crippen LogP) is 3.05. The average Bonchev–Trinajstić information content (AvgIpc) is 3.38. The van der Waals surface area contributed by atoms with Gasteiger partial charge in [-0.3, -0.25) is 14.7 Å². The molecule has 30 heavy (non-hydrogen) atoms. The average molecular weight is 428 g/mol. The second kappa shape index (κ2) is 8.53. The monoisotopic (exact) mass is 427 g/mol. The van der Waals surface area contributed by atoms with E-state index >= 15 is 0 Å². The van der Waals surface area contributed by atoms with Crippen molar-refractivity contribution in [3.63, 3.8) is 0 Å². The zero-order chi connectivity index (χ0) is 21.3. The van der Waals surface area contributed by atoms with E-state index in [1.807, 2.05) is 30.5 Å². The van der Waals surface area contributed by atoms with Crippen LogP contribution in [0.3, 0.4) is 0 Å². The van der Waals surface area contributed by atoms with Gasteiger partial charge in [-0.2, -0.15) is 5.10 Å². The zero-order valence-electron chi connectivity index (χ0n) is 17.0. The van der Waals surface area contributed by atoms with Crippen LogP contribution < -0.4 is 5.32 Å². The van der Waals surface area contributed by atoms with Crippen LogP contribution in [0.4, 0.5) is 0 Å². The first-order valence-electron chi connectivity index (χ1n) is 10.0. The molecule has 158 valence electrons. The lowest BCUT2D eigenvalue weighted by Crippen LogP contribution is -2.48. The molecule has 2 saturated heterocycles. The number of carboxylic acid groups (broad SMARTS) is 1. The van der Waals surface area contributed by atoms with E-state index in [9.17, 15) is 4.79 Å². The highest BCUT2D eigenvalue weighted by molar-refractivity contribution is 7.13. The lowest BCUT2D eigenvalue weighted by atomic mass is 9.98. The summed E-state index contributed by atoms with van der Waals surface area (Å²) in [6.07, 6.45) is 4.57. The highest BCUT2D eigenvalue weighted by Crippen LogP contribution is 2.34. The number of aryl methyl sites for hydroxylation is 1. The Morgan fingerprint density at radius 2 is 2.03 bits per heavy atom. The SMILES string of the molecule is Cc1csc(-c2ccc3c(C(=O)NC4CC5CCC(C4)N5C)n[nH]c3c2)n1.O=CO. The summed E-state index contributed by atoms with van der Waals surface area (Å²) in [5.41, 5.74) is 3.42. The number of rotatable bonds is 3. The molecule has 3 N–H and O–H groups in total. The standard InChI is InChI=1S/C20H23N5OS.CH2O2/c1-11-10-27-20(21-11)12-3-6-16-17(7-12)23-24-18(16)19(26)22-13-8-14-4-5-15(9-13)25(14)2;2-1-3/h3,6-7,10,13-15H,4-5,8-9H2,1-2H3,(H,22,26)(H,23,24);1H,(H,2,3). The lowest BCUT2D eigenvalue weighted by Gasteiger charge is -2.36. The molecule has 2 unspecified atom stereocenters. The number of nitrogens with one attached hydrogen (secondary N) is 2. The van der Waals surface area contributed by atoms with Gasteiger partial charge in [-0.15, -0.1) is 11.3 Å².